The first-order valence-electron chi connectivity index (χ1n) is 16.1. The Hall–Kier alpha value is -5.36. The molecule has 0 radical (unpaired) electrons. The summed E-state index contributed by atoms with van der Waals surface area (Å²) in [6.45, 7) is 3.84. The maximum Gasteiger partial charge on any atom is 0.252 e. The lowest BCUT2D eigenvalue weighted by molar-refractivity contribution is -0.131. The molecule has 3 amide bonds. The zero-order valence-electron chi connectivity index (χ0n) is 28.2. The number of nitrogens with one attached hydrogen (secondary N) is 5. The summed E-state index contributed by atoms with van der Waals surface area (Å²) in [6, 6.07) is 10.7. The SMILES string of the molecule is CCCOc1ccc2[nH]cc(C[C@H](NC(=O)[C@H](CCCN=C(N)N)NCc3ccc(N=C(N)N)cc3)C(=O)NCC(=O)NS(=O)(=O)CC)c2c1. The summed E-state index contributed by atoms with van der Waals surface area (Å²) >= 11 is 0. The first kappa shape index (κ1) is 39.1. The molecule has 0 fully saturated rings. The molecule has 1 heterocycles. The van der Waals surface area contributed by atoms with Crippen LogP contribution in [0.2, 0.25) is 0 Å². The molecule has 17 nitrogen and oxygen atoms in total. The number of H-pyrrole nitrogens is 1. The van der Waals surface area contributed by atoms with Crippen molar-refractivity contribution >= 4 is 56.3 Å². The number of aromatic nitrogens is 1. The zero-order chi connectivity index (χ0) is 36.7. The monoisotopic (exact) mass is 713 g/mol. The largest absolute Gasteiger partial charge is 0.494 e. The van der Waals surface area contributed by atoms with Crippen LogP contribution in [0.3, 0.4) is 0 Å². The Kier molecular flexibility index (Phi) is 14.8. The predicted octanol–water partition coefficient (Wildman–Crippen LogP) is -0.317. The highest BCUT2D eigenvalue weighted by molar-refractivity contribution is 7.90. The Morgan fingerprint density at radius 3 is 2.36 bits per heavy atom. The van der Waals surface area contributed by atoms with Crippen LogP contribution in [0.4, 0.5) is 5.69 Å². The molecule has 0 bridgehead atoms. The van der Waals surface area contributed by atoms with Gasteiger partial charge in [0.25, 0.3) is 5.91 Å². The molecule has 0 aliphatic carbocycles. The second-order valence-electron chi connectivity index (χ2n) is 11.4. The van der Waals surface area contributed by atoms with Crippen molar-refractivity contribution in [3.05, 3.63) is 59.8 Å². The summed E-state index contributed by atoms with van der Waals surface area (Å²) in [5.41, 5.74) is 24.7. The van der Waals surface area contributed by atoms with Crippen molar-refractivity contribution in [2.45, 2.75) is 58.2 Å². The number of nitrogens with zero attached hydrogens (tertiary/aromatic N) is 2. The lowest BCUT2D eigenvalue weighted by Crippen LogP contribution is -2.54. The van der Waals surface area contributed by atoms with E-state index in [9.17, 15) is 22.8 Å². The minimum absolute atomic E-state index is 0.0383. The molecule has 0 saturated heterocycles. The number of sulfonamides is 1. The normalized spacial score (nSPS) is 12.4. The van der Waals surface area contributed by atoms with Crippen LogP contribution >= 0.6 is 0 Å². The van der Waals surface area contributed by atoms with E-state index >= 15 is 0 Å². The number of amides is 3. The van der Waals surface area contributed by atoms with Gasteiger partial charge in [-0.2, -0.15) is 0 Å². The summed E-state index contributed by atoms with van der Waals surface area (Å²) in [5.74, 6) is -1.91. The van der Waals surface area contributed by atoms with Gasteiger partial charge in [-0.3, -0.25) is 24.1 Å². The van der Waals surface area contributed by atoms with E-state index in [1.54, 1.807) is 30.5 Å². The van der Waals surface area contributed by atoms with Crippen LogP contribution in [0.15, 0.2) is 58.6 Å². The van der Waals surface area contributed by atoms with Crippen molar-refractivity contribution < 1.29 is 27.5 Å². The van der Waals surface area contributed by atoms with Crippen LogP contribution < -0.4 is 48.3 Å². The fourth-order valence-corrected chi connectivity index (χ4v) is 5.38. The van der Waals surface area contributed by atoms with Crippen LogP contribution in [0, 0.1) is 0 Å². The highest BCUT2D eigenvalue weighted by Crippen LogP contribution is 2.25. The molecule has 1 aromatic heterocycles. The van der Waals surface area contributed by atoms with Crippen LogP contribution in [-0.4, -0.2) is 80.6 Å². The summed E-state index contributed by atoms with van der Waals surface area (Å²) < 4.78 is 31.4. The van der Waals surface area contributed by atoms with Gasteiger partial charge in [0.1, 0.15) is 11.8 Å². The third-order valence-corrected chi connectivity index (χ3v) is 8.65. The van der Waals surface area contributed by atoms with E-state index < -0.39 is 46.4 Å². The van der Waals surface area contributed by atoms with Crippen molar-refractivity contribution in [1.82, 2.24) is 25.7 Å². The van der Waals surface area contributed by atoms with Gasteiger partial charge in [-0.1, -0.05) is 19.1 Å². The number of guanidine groups is 2. The second-order valence-corrected chi connectivity index (χ2v) is 13.4. The van der Waals surface area contributed by atoms with E-state index in [1.165, 1.54) is 6.92 Å². The highest BCUT2D eigenvalue weighted by Gasteiger charge is 2.27. The topological polar surface area (TPSA) is 287 Å². The third-order valence-electron chi connectivity index (χ3n) is 7.35. The molecule has 0 spiro atoms. The zero-order valence-corrected chi connectivity index (χ0v) is 29.0. The lowest BCUT2D eigenvalue weighted by Gasteiger charge is -2.23. The Morgan fingerprint density at radius 1 is 0.960 bits per heavy atom. The van der Waals surface area contributed by atoms with E-state index in [0.717, 1.165) is 22.9 Å². The number of benzene rings is 2. The smallest absolute Gasteiger partial charge is 0.252 e. The number of carbonyl (C=O) groups is 3. The van der Waals surface area contributed by atoms with Crippen molar-refractivity contribution in [3.63, 3.8) is 0 Å². The number of hydrogen-bond donors (Lipinski definition) is 9. The summed E-state index contributed by atoms with van der Waals surface area (Å²) in [6.07, 6.45) is 3.35. The van der Waals surface area contributed by atoms with Gasteiger partial charge in [0.05, 0.1) is 30.6 Å². The summed E-state index contributed by atoms with van der Waals surface area (Å²) in [7, 11) is -3.83. The highest BCUT2D eigenvalue weighted by atomic mass is 32.2. The fourth-order valence-electron chi connectivity index (χ4n) is 4.82. The predicted molar refractivity (Wildman–Crippen MR) is 193 cm³/mol. The van der Waals surface area contributed by atoms with Gasteiger partial charge in [0.15, 0.2) is 11.9 Å². The minimum Gasteiger partial charge on any atom is -0.494 e. The average Bonchev–Trinajstić information content (AvgIpc) is 3.47. The number of nitrogens with two attached hydrogens (primary N) is 4. The van der Waals surface area contributed by atoms with Crippen molar-refractivity contribution in [3.8, 4) is 5.75 Å². The van der Waals surface area contributed by atoms with E-state index in [-0.39, 0.29) is 37.2 Å². The van der Waals surface area contributed by atoms with Gasteiger partial charge < -0.3 is 48.6 Å². The molecule has 2 aromatic carbocycles. The van der Waals surface area contributed by atoms with Gasteiger partial charge in [-0.15, -0.1) is 0 Å². The van der Waals surface area contributed by atoms with Crippen LogP contribution in [0.25, 0.3) is 10.9 Å². The number of hydrogen-bond acceptors (Lipinski definition) is 9. The minimum atomic E-state index is -3.83. The second kappa shape index (κ2) is 19.0. The van der Waals surface area contributed by atoms with Gasteiger partial charge in [-0.05, 0) is 67.6 Å². The molecule has 272 valence electrons. The Labute approximate surface area is 291 Å². The Morgan fingerprint density at radius 2 is 1.70 bits per heavy atom. The van der Waals surface area contributed by atoms with Crippen LogP contribution in [0.5, 0.6) is 5.75 Å². The molecule has 0 saturated carbocycles. The maximum absolute atomic E-state index is 13.8. The fraction of sp³-hybridized carbons (Fsp3) is 0.406. The van der Waals surface area contributed by atoms with Crippen LogP contribution in [-0.2, 0) is 37.4 Å². The number of aromatic amines is 1. The van der Waals surface area contributed by atoms with E-state index in [0.29, 0.717) is 36.4 Å². The molecular formula is C32H47N11O6S. The Bertz CT molecular complexity index is 1770. The molecule has 0 aliphatic rings. The molecule has 50 heavy (non-hydrogen) atoms. The van der Waals surface area contributed by atoms with Crippen molar-refractivity contribution in [2.75, 3.05) is 25.4 Å². The van der Waals surface area contributed by atoms with E-state index in [4.69, 9.17) is 27.7 Å². The number of aliphatic imine (C=N–C) groups is 2. The standard InChI is InChI=1S/C32H47N11O6S/c1-3-14-49-23-11-12-25-24(16-23)21(18-39-25)15-27(29(45)40-19-28(44)43-50(47,48)4-2)42-30(46)26(6-5-13-37-31(33)34)38-17-20-7-9-22(10-8-20)41-32(35)36/h7-12,16,18,26-27,38-39H,3-6,13-15,17,19H2,1-2H3,(H,40,45)(H,42,46)(H,43,44)(H4,33,34,37)(H4,35,36,41)/t26-,27-/m0/s1. The molecular weight excluding hydrogens is 666 g/mol. The van der Waals surface area contributed by atoms with Crippen molar-refractivity contribution in [2.24, 2.45) is 32.9 Å². The number of carbonyl (C=O) groups excluding carboxylic acids is 3. The quantitative estimate of drug-likeness (QED) is 0.0416. The first-order valence-corrected chi connectivity index (χ1v) is 17.8. The van der Waals surface area contributed by atoms with E-state index in [1.807, 2.05) is 29.8 Å². The van der Waals surface area contributed by atoms with Gasteiger partial charge in [-0.25, -0.2) is 13.4 Å². The molecule has 0 aliphatic heterocycles. The molecule has 3 aromatic rings. The van der Waals surface area contributed by atoms with E-state index in [2.05, 4.69) is 30.9 Å². The third kappa shape index (κ3) is 12.9. The van der Waals surface area contributed by atoms with Gasteiger partial charge in [0.2, 0.25) is 21.8 Å². The lowest BCUT2D eigenvalue weighted by atomic mass is 10.0. The van der Waals surface area contributed by atoms with Gasteiger partial charge >= 0.3 is 0 Å². The first-order chi connectivity index (χ1) is 23.8. The average molecular weight is 714 g/mol. The molecule has 3 rings (SSSR count). The Balaban J connectivity index is 1.85. The summed E-state index contributed by atoms with van der Waals surface area (Å²) in [5, 5.41) is 9.30. The maximum atomic E-state index is 13.8. The molecule has 13 N–H and O–H groups in total. The number of ether oxygens (including phenoxy) is 1. The molecule has 18 heteroatoms. The van der Waals surface area contributed by atoms with Crippen LogP contribution in [0.1, 0.15) is 44.2 Å². The summed E-state index contributed by atoms with van der Waals surface area (Å²) in [4.78, 5) is 50.9. The molecule has 2 atom stereocenters. The van der Waals surface area contributed by atoms with Gasteiger partial charge in [0, 0.05) is 36.6 Å². The number of fused-ring (bicyclic) bond motifs is 1. The number of rotatable bonds is 20. The van der Waals surface area contributed by atoms with Crippen molar-refractivity contribution in [1.29, 1.82) is 0 Å². The molecule has 0 unspecified atom stereocenters.